The minimum absolute atomic E-state index is 0.232. The standard InChI is InChI=1S/C16H24N2O/c1-12(2)17-9-14-4-5-16-15(8-14)6-7-18(16)10-13(3)11-19/h4-8,12-13,17,19H,9-11H2,1-3H3. The Morgan fingerprint density at radius 3 is 2.68 bits per heavy atom. The third-order valence-corrected chi connectivity index (χ3v) is 3.37. The van der Waals surface area contributed by atoms with Crippen molar-refractivity contribution in [3.8, 4) is 0 Å². The van der Waals surface area contributed by atoms with Gasteiger partial charge in [0.25, 0.3) is 0 Å². The van der Waals surface area contributed by atoms with Gasteiger partial charge in [-0.1, -0.05) is 26.8 Å². The molecule has 0 saturated heterocycles. The normalized spacial score (nSPS) is 13.3. The molecular weight excluding hydrogens is 236 g/mol. The van der Waals surface area contributed by atoms with E-state index in [9.17, 15) is 0 Å². The number of fused-ring (bicyclic) bond motifs is 1. The molecule has 1 atom stereocenters. The molecule has 1 aromatic heterocycles. The van der Waals surface area contributed by atoms with Crippen molar-refractivity contribution in [2.45, 2.75) is 39.9 Å². The molecule has 2 rings (SSSR count). The summed E-state index contributed by atoms with van der Waals surface area (Å²) in [5.74, 6) is 0.290. The molecule has 3 heteroatoms. The van der Waals surface area contributed by atoms with Crippen molar-refractivity contribution in [1.82, 2.24) is 9.88 Å². The van der Waals surface area contributed by atoms with Gasteiger partial charge in [-0.25, -0.2) is 0 Å². The van der Waals surface area contributed by atoms with Gasteiger partial charge < -0.3 is 15.0 Å². The second-order valence-electron chi connectivity index (χ2n) is 5.68. The van der Waals surface area contributed by atoms with Gasteiger partial charge in [-0.2, -0.15) is 0 Å². The largest absolute Gasteiger partial charge is 0.396 e. The highest BCUT2D eigenvalue weighted by atomic mass is 16.3. The highest BCUT2D eigenvalue weighted by Crippen LogP contribution is 2.19. The van der Waals surface area contributed by atoms with E-state index in [4.69, 9.17) is 5.11 Å². The minimum Gasteiger partial charge on any atom is -0.396 e. The summed E-state index contributed by atoms with van der Waals surface area (Å²) in [6, 6.07) is 9.25. The van der Waals surface area contributed by atoms with Gasteiger partial charge in [0.1, 0.15) is 0 Å². The third kappa shape index (κ3) is 3.58. The van der Waals surface area contributed by atoms with E-state index in [1.165, 1.54) is 16.5 Å². The lowest BCUT2D eigenvalue weighted by Gasteiger charge is -2.11. The lowest BCUT2D eigenvalue weighted by atomic mass is 10.1. The number of aliphatic hydroxyl groups is 1. The number of nitrogens with zero attached hydrogens (tertiary/aromatic N) is 1. The molecule has 0 fully saturated rings. The molecule has 0 aliphatic rings. The van der Waals surface area contributed by atoms with Gasteiger partial charge in [0.05, 0.1) is 0 Å². The second kappa shape index (κ2) is 6.22. The zero-order valence-electron chi connectivity index (χ0n) is 12.1. The maximum absolute atomic E-state index is 9.15. The number of benzene rings is 1. The first kappa shape index (κ1) is 14.1. The van der Waals surface area contributed by atoms with Crippen LogP contribution in [0.3, 0.4) is 0 Å². The fourth-order valence-corrected chi connectivity index (χ4v) is 2.23. The number of hydrogen-bond acceptors (Lipinski definition) is 2. The van der Waals surface area contributed by atoms with Gasteiger partial charge >= 0.3 is 0 Å². The fraction of sp³-hybridized carbons (Fsp3) is 0.500. The molecule has 3 nitrogen and oxygen atoms in total. The Kier molecular flexibility index (Phi) is 4.61. The zero-order chi connectivity index (χ0) is 13.8. The number of nitrogens with one attached hydrogen (secondary N) is 1. The number of aliphatic hydroxyl groups excluding tert-OH is 1. The maximum Gasteiger partial charge on any atom is 0.0480 e. The number of aromatic nitrogens is 1. The van der Waals surface area contributed by atoms with Crippen LogP contribution < -0.4 is 5.32 Å². The predicted octanol–water partition coefficient (Wildman–Crippen LogP) is 2.77. The molecule has 0 saturated carbocycles. The van der Waals surface area contributed by atoms with Crippen LogP contribution in [-0.2, 0) is 13.1 Å². The predicted molar refractivity (Wildman–Crippen MR) is 80.2 cm³/mol. The summed E-state index contributed by atoms with van der Waals surface area (Å²) in [4.78, 5) is 0. The molecule has 0 bridgehead atoms. The lowest BCUT2D eigenvalue weighted by molar-refractivity contribution is 0.224. The summed E-state index contributed by atoms with van der Waals surface area (Å²) < 4.78 is 2.22. The first-order chi connectivity index (χ1) is 9.10. The van der Waals surface area contributed by atoms with E-state index in [2.05, 4.69) is 61.1 Å². The third-order valence-electron chi connectivity index (χ3n) is 3.37. The first-order valence-electron chi connectivity index (χ1n) is 7.02. The molecule has 2 N–H and O–H groups in total. The molecule has 104 valence electrons. The van der Waals surface area contributed by atoms with Gasteiger partial charge in [-0.15, -0.1) is 0 Å². The van der Waals surface area contributed by atoms with E-state index in [0.29, 0.717) is 6.04 Å². The highest BCUT2D eigenvalue weighted by Gasteiger charge is 2.06. The van der Waals surface area contributed by atoms with Gasteiger partial charge in [0.15, 0.2) is 0 Å². The minimum atomic E-state index is 0.232. The average molecular weight is 260 g/mol. The van der Waals surface area contributed by atoms with Gasteiger partial charge in [0.2, 0.25) is 0 Å². The average Bonchev–Trinajstić information content (AvgIpc) is 2.78. The Hall–Kier alpha value is -1.32. The Morgan fingerprint density at radius 2 is 2.00 bits per heavy atom. The summed E-state index contributed by atoms with van der Waals surface area (Å²) in [6.45, 7) is 8.38. The maximum atomic E-state index is 9.15. The van der Waals surface area contributed by atoms with E-state index in [0.717, 1.165) is 13.1 Å². The van der Waals surface area contributed by atoms with Crippen LogP contribution in [0.4, 0.5) is 0 Å². The molecule has 19 heavy (non-hydrogen) atoms. The van der Waals surface area contributed by atoms with Crippen LogP contribution in [0.15, 0.2) is 30.5 Å². The number of hydrogen-bond donors (Lipinski definition) is 2. The molecule has 0 aliphatic heterocycles. The molecule has 1 unspecified atom stereocenters. The Balaban J connectivity index is 2.16. The molecule has 0 radical (unpaired) electrons. The Labute approximate surface area is 115 Å². The van der Waals surface area contributed by atoms with E-state index >= 15 is 0 Å². The highest BCUT2D eigenvalue weighted by molar-refractivity contribution is 5.80. The van der Waals surface area contributed by atoms with Crippen LogP contribution in [0.5, 0.6) is 0 Å². The van der Waals surface area contributed by atoms with Crippen molar-refractivity contribution in [3.05, 3.63) is 36.0 Å². The van der Waals surface area contributed by atoms with Crippen molar-refractivity contribution in [3.63, 3.8) is 0 Å². The van der Waals surface area contributed by atoms with Crippen molar-refractivity contribution in [2.24, 2.45) is 5.92 Å². The van der Waals surface area contributed by atoms with Gasteiger partial charge in [0, 0.05) is 37.5 Å². The van der Waals surface area contributed by atoms with Crippen LogP contribution in [-0.4, -0.2) is 22.3 Å². The van der Waals surface area contributed by atoms with E-state index < -0.39 is 0 Å². The van der Waals surface area contributed by atoms with E-state index in [1.54, 1.807) is 0 Å². The Bertz CT molecular complexity index is 531. The fourth-order valence-electron chi connectivity index (χ4n) is 2.23. The Morgan fingerprint density at radius 1 is 1.21 bits per heavy atom. The smallest absolute Gasteiger partial charge is 0.0480 e. The van der Waals surface area contributed by atoms with Crippen molar-refractivity contribution in [1.29, 1.82) is 0 Å². The summed E-state index contributed by atoms with van der Waals surface area (Å²) >= 11 is 0. The molecule has 0 amide bonds. The summed E-state index contributed by atoms with van der Waals surface area (Å²) in [7, 11) is 0. The van der Waals surface area contributed by atoms with Gasteiger partial charge in [-0.05, 0) is 35.1 Å². The summed E-state index contributed by atoms with van der Waals surface area (Å²) in [6.07, 6.45) is 2.11. The van der Waals surface area contributed by atoms with Gasteiger partial charge in [-0.3, -0.25) is 0 Å². The molecule has 0 spiro atoms. The van der Waals surface area contributed by atoms with Crippen LogP contribution in [0.25, 0.3) is 10.9 Å². The molecule has 0 aliphatic carbocycles. The van der Waals surface area contributed by atoms with Crippen molar-refractivity contribution < 1.29 is 5.11 Å². The first-order valence-corrected chi connectivity index (χ1v) is 7.02. The topological polar surface area (TPSA) is 37.2 Å². The molecule has 1 heterocycles. The summed E-state index contributed by atoms with van der Waals surface area (Å²) in [5, 5.41) is 13.9. The lowest BCUT2D eigenvalue weighted by Crippen LogP contribution is -2.21. The van der Waals surface area contributed by atoms with Crippen molar-refractivity contribution in [2.75, 3.05) is 6.61 Å². The second-order valence-corrected chi connectivity index (χ2v) is 5.68. The molecular formula is C16H24N2O. The number of rotatable bonds is 6. The van der Waals surface area contributed by atoms with E-state index in [-0.39, 0.29) is 12.5 Å². The SMILES string of the molecule is CC(CO)Cn1ccc2cc(CNC(C)C)ccc21. The van der Waals surface area contributed by atoms with Crippen LogP contribution in [0, 0.1) is 5.92 Å². The van der Waals surface area contributed by atoms with Crippen molar-refractivity contribution >= 4 is 10.9 Å². The zero-order valence-corrected chi connectivity index (χ0v) is 12.1. The molecule has 2 aromatic rings. The monoisotopic (exact) mass is 260 g/mol. The molecule has 1 aromatic carbocycles. The van der Waals surface area contributed by atoms with Crippen LogP contribution in [0.2, 0.25) is 0 Å². The van der Waals surface area contributed by atoms with Crippen LogP contribution in [0.1, 0.15) is 26.3 Å². The van der Waals surface area contributed by atoms with Crippen LogP contribution >= 0.6 is 0 Å². The quantitative estimate of drug-likeness (QED) is 0.838. The summed E-state index contributed by atoms with van der Waals surface area (Å²) in [5.41, 5.74) is 2.56. The van der Waals surface area contributed by atoms with E-state index in [1.807, 2.05) is 0 Å².